The monoisotopic (exact) mass is 453 g/mol. The van der Waals surface area contributed by atoms with Gasteiger partial charge in [-0.05, 0) is 70.6 Å². The van der Waals surface area contributed by atoms with Gasteiger partial charge in [0.25, 0.3) is 0 Å². The Bertz CT molecular complexity index is 1300. The lowest BCUT2D eigenvalue weighted by molar-refractivity contribution is 0.0925. The molecule has 0 amide bonds. The highest BCUT2D eigenvalue weighted by atomic mass is 19.1. The molecule has 4 heteroatoms. The molecule has 4 aromatic rings. The number of carbonyl (C=O) groups excluding carboxylic acids is 1. The third-order valence-corrected chi connectivity index (χ3v) is 6.52. The average Bonchev–Trinajstić information content (AvgIpc) is 2.87. The van der Waals surface area contributed by atoms with Crippen LogP contribution in [-0.2, 0) is 0 Å². The molecule has 0 saturated carbocycles. The van der Waals surface area contributed by atoms with Gasteiger partial charge in [-0.2, -0.15) is 0 Å². The van der Waals surface area contributed by atoms with Gasteiger partial charge in [0.2, 0.25) is 0 Å². The summed E-state index contributed by atoms with van der Waals surface area (Å²) < 4.78 is 27.1. The van der Waals surface area contributed by atoms with Crippen LogP contribution < -0.4 is 0 Å². The van der Waals surface area contributed by atoms with Crippen molar-refractivity contribution in [1.29, 1.82) is 0 Å². The average molecular weight is 454 g/mol. The third-order valence-electron chi connectivity index (χ3n) is 6.52. The minimum Gasteiger partial charge on any atom is -0.295 e. The highest BCUT2D eigenvalue weighted by Crippen LogP contribution is 2.32. The van der Waals surface area contributed by atoms with Crippen LogP contribution in [-0.4, -0.2) is 30.3 Å². The number of rotatable bonds is 5. The van der Waals surface area contributed by atoms with Crippen LogP contribution in [0.15, 0.2) is 96.6 Å². The molecule has 0 bridgehead atoms. The summed E-state index contributed by atoms with van der Waals surface area (Å²) in [6.07, 6.45) is 1.60. The van der Waals surface area contributed by atoms with Crippen molar-refractivity contribution in [1.82, 2.24) is 4.90 Å². The third kappa shape index (κ3) is 4.82. The second kappa shape index (κ2) is 9.70. The number of hydrogen-bond donors (Lipinski definition) is 0. The molecule has 34 heavy (non-hydrogen) atoms. The Labute approximate surface area is 198 Å². The minimum absolute atomic E-state index is 0.121. The molecule has 2 nitrogen and oxygen atoms in total. The molecule has 1 aliphatic rings. The van der Waals surface area contributed by atoms with E-state index in [0.29, 0.717) is 6.54 Å². The summed E-state index contributed by atoms with van der Waals surface area (Å²) in [5.74, 6) is -0.445. The smallest absolute Gasteiger partial charge is 0.176 e. The van der Waals surface area contributed by atoms with E-state index in [1.807, 2.05) is 42.5 Å². The van der Waals surface area contributed by atoms with E-state index in [4.69, 9.17) is 0 Å². The molecule has 4 aromatic carbocycles. The fourth-order valence-electron chi connectivity index (χ4n) is 4.70. The van der Waals surface area contributed by atoms with E-state index < -0.39 is 0 Å². The van der Waals surface area contributed by atoms with E-state index in [0.717, 1.165) is 59.0 Å². The van der Waals surface area contributed by atoms with Crippen molar-refractivity contribution in [3.05, 3.63) is 125 Å². The Morgan fingerprint density at radius 1 is 0.676 bits per heavy atom. The standard InChI is InChI=1S/C30H25F2NO/c31-27-11-7-22(8-12-27)30(23-9-13-28(32)14-10-23)24-15-17-33(18-16-24)20-29(34)26-6-5-21-3-1-2-4-25(21)19-26/h1-14,19H,15-18,20H2. The first-order valence-corrected chi connectivity index (χ1v) is 11.5. The van der Waals surface area contributed by atoms with Gasteiger partial charge >= 0.3 is 0 Å². The van der Waals surface area contributed by atoms with Crippen molar-refractivity contribution < 1.29 is 13.6 Å². The number of benzene rings is 4. The van der Waals surface area contributed by atoms with E-state index in [9.17, 15) is 13.6 Å². The van der Waals surface area contributed by atoms with Gasteiger partial charge in [-0.15, -0.1) is 0 Å². The zero-order chi connectivity index (χ0) is 23.5. The molecule has 170 valence electrons. The molecular formula is C30H25F2NO. The van der Waals surface area contributed by atoms with Gasteiger partial charge in [0, 0.05) is 18.7 Å². The number of halogens is 2. The minimum atomic E-state index is -0.283. The van der Waals surface area contributed by atoms with Crippen LogP contribution in [0.1, 0.15) is 34.3 Å². The van der Waals surface area contributed by atoms with E-state index in [1.165, 1.54) is 29.8 Å². The summed E-state index contributed by atoms with van der Waals surface area (Å²) in [5, 5.41) is 2.20. The topological polar surface area (TPSA) is 20.3 Å². The first-order valence-electron chi connectivity index (χ1n) is 11.5. The SMILES string of the molecule is O=C(CN1CCC(=C(c2ccc(F)cc2)c2ccc(F)cc2)CC1)c1ccc2ccccc2c1. The van der Waals surface area contributed by atoms with E-state index in [2.05, 4.69) is 4.90 Å². The molecular weight excluding hydrogens is 428 g/mol. The first kappa shape index (κ1) is 22.2. The largest absolute Gasteiger partial charge is 0.295 e. The number of likely N-dealkylation sites (tertiary alicyclic amines) is 1. The van der Waals surface area contributed by atoms with E-state index >= 15 is 0 Å². The summed E-state index contributed by atoms with van der Waals surface area (Å²) in [6.45, 7) is 1.91. The van der Waals surface area contributed by atoms with Crippen LogP contribution in [0, 0.1) is 11.6 Å². The van der Waals surface area contributed by atoms with Gasteiger partial charge < -0.3 is 0 Å². The molecule has 0 radical (unpaired) electrons. The lowest BCUT2D eigenvalue weighted by atomic mass is 9.88. The maximum Gasteiger partial charge on any atom is 0.176 e. The fraction of sp³-hybridized carbons (Fsp3) is 0.167. The maximum absolute atomic E-state index is 13.5. The Hall–Kier alpha value is -3.63. The summed E-state index contributed by atoms with van der Waals surface area (Å²) in [5.41, 5.74) is 4.85. The molecule has 0 aliphatic carbocycles. The lowest BCUT2D eigenvalue weighted by Gasteiger charge is -2.29. The lowest BCUT2D eigenvalue weighted by Crippen LogP contribution is -2.35. The maximum atomic E-state index is 13.5. The summed E-state index contributed by atoms with van der Waals surface area (Å²) in [4.78, 5) is 15.1. The Morgan fingerprint density at radius 2 is 1.21 bits per heavy atom. The van der Waals surface area contributed by atoms with E-state index in [-0.39, 0.29) is 17.4 Å². The highest BCUT2D eigenvalue weighted by Gasteiger charge is 2.21. The van der Waals surface area contributed by atoms with Crippen molar-refractivity contribution in [3.8, 4) is 0 Å². The number of fused-ring (bicyclic) bond motifs is 1. The van der Waals surface area contributed by atoms with Gasteiger partial charge in [-0.1, -0.05) is 66.2 Å². The van der Waals surface area contributed by atoms with Crippen molar-refractivity contribution in [3.63, 3.8) is 0 Å². The zero-order valence-corrected chi connectivity index (χ0v) is 18.8. The van der Waals surface area contributed by atoms with E-state index in [1.54, 1.807) is 24.3 Å². The van der Waals surface area contributed by atoms with Crippen LogP contribution >= 0.6 is 0 Å². The van der Waals surface area contributed by atoms with Crippen molar-refractivity contribution in [2.45, 2.75) is 12.8 Å². The molecule has 0 atom stereocenters. The van der Waals surface area contributed by atoms with Gasteiger partial charge in [-0.3, -0.25) is 9.69 Å². The number of nitrogens with zero attached hydrogens (tertiary/aromatic N) is 1. The molecule has 5 rings (SSSR count). The predicted octanol–water partition coefficient (Wildman–Crippen LogP) is 6.90. The Morgan fingerprint density at radius 3 is 1.79 bits per heavy atom. The molecule has 0 spiro atoms. The molecule has 0 aromatic heterocycles. The normalized spacial score (nSPS) is 14.4. The molecule has 1 aliphatic heterocycles. The summed E-state index contributed by atoms with van der Waals surface area (Å²) in [7, 11) is 0. The highest BCUT2D eigenvalue weighted by molar-refractivity contribution is 6.01. The Balaban J connectivity index is 1.34. The van der Waals surface area contributed by atoms with Gasteiger partial charge in [0.1, 0.15) is 11.6 Å². The quantitative estimate of drug-likeness (QED) is 0.306. The molecule has 1 heterocycles. The molecule has 1 saturated heterocycles. The molecule has 0 N–H and O–H groups in total. The number of carbonyl (C=O) groups is 1. The van der Waals surface area contributed by atoms with Gasteiger partial charge in [-0.25, -0.2) is 8.78 Å². The molecule has 1 fully saturated rings. The molecule has 0 unspecified atom stereocenters. The van der Waals surface area contributed by atoms with Crippen LogP contribution in [0.5, 0.6) is 0 Å². The zero-order valence-electron chi connectivity index (χ0n) is 18.8. The van der Waals surface area contributed by atoms with Crippen LogP contribution in [0.4, 0.5) is 8.78 Å². The van der Waals surface area contributed by atoms with Crippen molar-refractivity contribution in [2.24, 2.45) is 0 Å². The van der Waals surface area contributed by atoms with Crippen molar-refractivity contribution >= 4 is 22.1 Å². The summed E-state index contributed by atoms with van der Waals surface area (Å²) >= 11 is 0. The second-order valence-corrected chi connectivity index (χ2v) is 8.75. The Kier molecular flexibility index (Phi) is 6.33. The second-order valence-electron chi connectivity index (χ2n) is 8.75. The van der Waals surface area contributed by atoms with Crippen LogP contribution in [0.3, 0.4) is 0 Å². The predicted molar refractivity (Wildman–Crippen MR) is 133 cm³/mol. The fourth-order valence-corrected chi connectivity index (χ4v) is 4.70. The number of piperidine rings is 1. The summed E-state index contributed by atoms with van der Waals surface area (Å²) in [6, 6.07) is 26.8. The van der Waals surface area contributed by atoms with Crippen LogP contribution in [0.25, 0.3) is 16.3 Å². The van der Waals surface area contributed by atoms with Gasteiger partial charge in [0.05, 0.1) is 6.54 Å². The number of hydrogen-bond acceptors (Lipinski definition) is 2. The van der Waals surface area contributed by atoms with Crippen molar-refractivity contribution in [2.75, 3.05) is 19.6 Å². The first-order chi connectivity index (χ1) is 16.6. The van der Waals surface area contributed by atoms with Gasteiger partial charge in [0.15, 0.2) is 5.78 Å². The van der Waals surface area contributed by atoms with Crippen LogP contribution in [0.2, 0.25) is 0 Å². The number of Topliss-reactive ketones (excluding diaryl/α,β-unsaturated/α-hetero) is 1. The number of ketones is 1.